The first kappa shape index (κ1) is 25.5. The molecule has 1 amide bonds. The zero-order chi connectivity index (χ0) is 25.1. The lowest BCUT2D eigenvalue weighted by Crippen LogP contribution is -2.29. The van der Waals surface area contributed by atoms with Crippen LogP contribution in [0.2, 0.25) is 0 Å². The van der Waals surface area contributed by atoms with E-state index in [-0.39, 0.29) is 41.8 Å². The highest BCUT2D eigenvalue weighted by Gasteiger charge is 2.19. The summed E-state index contributed by atoms with van der Waals surface area (Å²) in [4.78, 5) is 46.2. The minimum atomic E-state index is -0.824. The van der Waals surface area contributed by atoms with Crippen molar-refractivity contribution < 1.29 is 33.5 Å². The Morgan fingerprint density at radius 2 is 1.85 bits per heavy atom. The van der Waals surface area contributed by atoms with E-state index in [0.29, 0.717) is 0 Å². The molecule has 2 rings (SSSR count). The Balaban J connectivity index is 2.15. The van der Waals surface area contributed by atoms with Crippen LogP contribution in [0.25, 0.3) is 0 Å². The maximum atomic E-state index is 12.7. The van der Waals surface area contributed by atoms with E-state index in [2.05, 4.69) is 22.4 Å². The number of methoxy groups -OCH3 is 1. The largest absolute Gasteiger partial charge is 0.494 e. The minimum absolute atomic E-state index is 0.0155. The number of nitro groups is 1. The van der Waals surface area contributed by atoms with E-state index < -0.39 is 28.3 Å². The van der Waals surface area contributed by atoms with Crippen molar-refractivity contribution in [3.63, 3.8) is 0 Å². The number of nitrogens with one attached hydrogen (secondary N) is 2. The monoisotopic (exact) mass is 470 g/mol. The van der Waals surface area contributed by atoms with E-state index in [0.717, 1.165) is 13.0 Å². The summed E-state index contributed by atoms with van der Waals surface area (Å²) in [5.41, 5.74) is 2.32. The second-order valence-corrected chi connectivity index (χ2v) is 6.44. The highest BCUT2D eigenvalue weighted by Crippen LogP contribution is 2.29. The number of rotatable bonds is 12. The van der Waals surface area contributed by atoms with Crippen LogP contribution >= 0.6 is 0 Å². The Bertz CT molecular complexity index is 1130. The average molecular weight is 470 g/mol. The summed E-state index contributed by atoms with van der Waals surface area (Å²) >= 11 is 0. The molecule has 178 valence electrons. The van der Waals surface area contributed by atoms with Crippen molar-refractivity contribution in [2.24, 2.45) is 5.10 Å². The number of Topliss-reactive ketones (excluding diaryl/α,β-unsaturated/α-hetero) is 1. The first-order valence-electron chi connectivity index (χ1n) is 9.76. The van der Waals surface area contributed by atoms with Gasteiger partial charge in [0.05, 0.1) is 29.5 Å². The van der Waals surface area contributed by atoms with Crippen LogP contribution in [-0.2, 0) is 19.1 Å². The fraction of sp³-hybridized carbons (Fsp3) is 0.182. The van der Waals surface area contributed by atoms with E-state index in [1.54, 1.807) is 24.3 Å². The molecule has 2 aromatic carbocycles. The molecule has 0 unspecified atom stereocenters. The Labute approximate surface area is 194 Å². The molecule has 0 saturated carbocycles. The topological polar surface area (TPSA) is 158 Å². The second-order valence-electron chi connectivity index (χ2n) is 6.44. The van der Waals surface area contributed by atoms with Gasteiger partial charge in [0.25, 0.3) is 11.6 Å². The summed E-state index contributed by atoms with van der Waals surface area (Å²) in [6, 6.07) is 10.2. The van der Waals surface area contributed by atoms with Crippen LogP contribution in [-0.4, -0.2) is 48.6 Å². The zero-order valence-corrected chi connectivity index (χ0v) is 18.4. The van der Waals surface area contributed by atoms with Gasteiger partial charge in [0.1, 0.15) is 19.0 Å². The van der Waals surface area contributed by atoms with Gasteiger partial charge in [0.2, 0.25) is 0 Å². The van der Waals surface area contributed by atoms with Gasteiger partial charge in [-0.3, -0.25) is 25.1 Å². The summed E-state index contributed by atoms with van der Waals surface area (Å²) < 4.78 is 15.4. The molecule has 2 aromatic rings. The number of nitro benzene ring substituents is 1. The number of ketones is 1. The molecule has 2 N–H and O–H groups in total. The molecule has 0 aromatic heterocycles. The van der Waals surface area contributed by atoms with Gasteiger partial charge in [-0.2, -0.15) is 5.10 Å². The normalized spacial score (nSPS) is 10.6. The van der Waals surface area contributed by atoms with E-state index in [9.17, 15) is 24.5 Å². The number of benzene rings is 2. The van der Waals surface area contributed by atoms with Crippen molar-refractivity contribution in [2.75, 3.05) is 31.1 Å². The zero-order valence-electron chi connectivity index (χ0n) is 18.4. The first-order chi connectivity index (χ1) is 16.3. The number of ether oxygens (including phenoxy) is 3. The highest BCUT2D eigenvalue weighted by atomic mass is 16.6. The van der Waals surface area contributed by atoms with E-state index in [1.807, 2.05) is 0 Å². The molecule has 0 heterocycles. The number of carbonyl (C=O) groups is 3. The van der Waals surface area contributed by atoms with Crippen molar-refractivity contribution in [3.8, 4) is 11.5 Å². The average Bonchev–Trinajstić information content (AvgIpc) is 2.82. The van der Waals surface area contributed by atoms with Crippen LogP contribution in [0.4, 0.5) is 17.1 Å². The molecule has 0 bridgehead atoms. The molecule has 0 aliphatic rings. The number of hydrazone groups is 1. The number of amides is 1. The summed E-state index contributed by atoms with van der Waals surface area (Å²) in [7, 11) is 1.31. The van der Waals surface area contributed by atoms with Gasteiger partial charge in [0, 0.05) is 19.1 Å². The van der Waals surface area contributed by atoms with Gasteiger partial charge in [0.15, 0.2) is 17.2 Å². The summed E-state index contributed by atoms with van der Waals surface area (Å²) in [5, 5.41) is 17.3. The molecule has 12 nitrogen and oxygen atoms in total. The van der Waals surface area contributed by atoms with E-state index >= 15 is 0 Å². The first-order valence-corrected chi connectivity index (χ1v) is 9.76. The fourth-order valence-corrected chi connectivity index (χ4v) is 2.52. The molecular weight excluding hydrogens is 448 g/mol. The lowest BCUT2D eigenvalue weighted by molar-refractivity contribution is -0.384. The number of hydrogen-bond acceptors (Lipinski definition) is 10. The smallest absolute Gasteiger partial charge is 0.330 e. The third-order valence-electron chi connectivity index (χ3n) is 4.12. The van der Waals surface area contributed by atoms with Crippen molar-refractivity contribution in [1.29, 1.82) is 0 Å². The van der Waals surface area contributed by atoms with Crippen LogP contribution in [0.1, 0.15) is 6.92 Å². The summed E-state index contributed by atoms with van der Waals surface area (Å²) in [6.07, 6.45) is 1.02. The number of carbonyl (C=O) groups excluding carboxylic acids is 3. The SMILES string of the molecule is C=CC(=O)OCCOc1ccccc1NC(=O)/C(=N/Nc1ccc([N+](=O)[O-])cc1OC)C(C)=O. The minimum Gasteiger partial charge on any atom is -0.494 e. The number of para-hydroxylation sites is 2. The van der Waals surface area contributed by atoms with Gasteiger partial charge >= 0.3 is 5.97 Å². The lowest BCUT2D eigenvalue weighted by Gasteiger charge is -2.13. The van der Waals surface area contributed by atoms with Gasteiger partial charge in [-0.1, -0.05) is 18.7 Å². The summed E-state index contributed by atoms with van der Waals surface area (Å²) in [5.74, 6) is -1.68. The fourth-order valence-electron chi connectivity index (χ4n) is 2.52. The van der Waals surface area contributed by atoms with Crippen LogP contribution < -0.4 is 20.2 Å². The third kappa shape index (κ3) is 7.15. The van der Waals surface area contributed by atoms with Crippen molar-refractivity contribution in [2.45, 2.75) is 6.92 Å². The van der Waals surface area contributed by atoms with Crippen LogP contribution in [0, 0.1) is 10.1 Å². The Morgan fingerprint density at radius 1 is 1.12 bits per heavy atom. The molecular formula is C22H22N4O8. The van der Waals surface area contributed by atoms with Gasteiger partial charge < -0.3 is 19.5 Å². The predicted octanol–water partition coefficient (Wildman–Crippen LogP) is 2.71. The van der Waals surface area contributed by atoms with E-state index in [4.69, 9.17) is 14.2 Å². The quantitative estimate of drug-likeness (QED) is 0.0904. The Morgan fingerprint density at radius 3 is 2.50 bits per heavy atom. The highest BCUT2D eigenvalue weighted by molar-refractivity contribution is 6.67. The maximum absolute atomic E-state index is 12.7. The number of non-ortho nitro benzene ring substituents is 1. The van der Waals surface area contributed by atoms with E-state index in [1.165, 1.54) is 25.3 Å². The molecule has 34 heavy (non-hydrogen) atoms. The molecule has 0 fully saturated rings. The van der Waals surface area contributed by atoms with Crippen molar-refractivity contribution in [1.82, 2.24) is 0 Å². The molecule has 0 spiro atoms. The number of hydrogen-bond donors (Lipinski definition) is 2. The van der Waals surface area contributed by atoms with Crippen LogP contribution in [0.15, 0.2) is 60.2 Å². The molecule has 0 radical (unpaired) electrons. The lowest BCUT2D eigenvalue weighted by atomic mass is 10.2. The standard InChI is InChI=1S/C22H22N4O8/c1-4-20(28)34-12-11-33-18-8-6-5-7-16(18)23-22(29)21(14(2)27)25-24-17-10-9-15(26(30)31)13-19(17)32-3/h4-10,13,24H,1,11-12H2,2-3H3,(H,23,29)/b25-21+. The van der Waals surface area contributed by atoms with Gasteiger partial charge in [-0.05, 0) is 18.2 Å². The third-order valence-corrected chi connectivity index (χ3v) is 4.12. The van der Waals surface area contributed by atoms with Gasteiger partial charge in [-0.25, -0.2) is 4.79 Å². The Kier molecular flexibility index (Phi) is 9.26. The Hall–Kier alpha value is -4.74. The number of anilines is 2. The predicted molar refractivity (Wildman–Crippen MR) is 123 cm³/mol. The molecule has 0 aliphatic heterocycles. The van der Waals surface area contributed by atoms with Crippen LogP contribution in [0.3, 0.4) is 0 Å². The number of esters is 1. The van der Waals surface area contributed by atoms with Crippen molar-refractivity contribution in [3.05, 3.63) is 65.2 Å². The number of nitrogens with zero attached hydrogens (tertiary/aromatic N) is 2. The molecule has 0 aliphatic carbocycles. The van der Waals surface area contributed by atoms with Crippen molar-refractivity contribution >= 4 is 40.4 Å². The summed E-state index contributed by atoms with van der Waals surface area (Å²) in [6.45, 7) is 4.43. The maximum Gasteiger partial charge on any atom is 0.330 e. The molecule has 12 heteroatoms. The second kappa shape index (κ2) is 12.3. The van der Waals surface area contributed by atoms with Gasteiger partial charge in [-0.15, -0.1) is 0 Å². The molecule has 0 saturated heterocycles. The van der Waals surface area contributed by atoms with Crippen LogP contribution in [0.5, 0.6) is 11.5 Å². The molecule has 0 atom stereocenters.